The van der Waals surface area contributed by atoms with E-state index in [1.807, 2.05) is 35.9 Å². The summed E-state index contributed by atoms with van der Waals surface area (Å²) in [5.41, 5.74) is 0.837. The van der Waals surface area contributed by atoms with E-state index in [1.54, 1.807) is 23.9 Å². The average Bonchev–Trinajstić information content (AvgIpc) is 2.93. The molecule has 3 rings (SSSR count). The first-order valence-corrected chi connectivity index (χ1v) is 9.08. The Balaban J connectivity index is 1.57. The fourth-order valence-corrected chi connectivity index (χ4v) is 3.25. The largest absolute Gasteiger partial charge is 0.493 e. The Hall–Kier alpha value is -1.86. The number of benzene rings is 2. The monoisotopic (exact) mass is 407 g/mol. The van der Waals surface area contributed by atoms with Crippen LogP contribution in [-0.4, -0.2) is 27.1 Å². The van der Waals surface area contributed by atoms with Gasteiger partial charge in [0.05, 0.1) is 6.61 Å². The zero-order valence-electron chi connectivity index (χ0n) is 12.9. The Labute approximate surface area is 152 Å². The molecule has 0 fully saturated rings. The van der Waals surface area contributed by atoms with Gasteiger partial charge in [-0.15, -0.1) is 10.2 Å². The highest BCUT2D eigenvalue weighted by Crippen LogP contribution is 2.23. The minimum atomic E-state index is -0.264. The predicted octanol–water partition coefficient (Wildman–Crippen LogP) is 4.55. The summed E-state index contributed by atoms with van der Waals surface area (Å²) in [4.78, 5) is 0. The topological polar surface area (TPSA) is 39.9 Å². The van der Waals surface area contributed by atoms with E-state index in [0.29, 0.717) is 12.4 Å². The van der Waals surface area contributed by atoms with Crippen molar-refractivity contribution in [1.29, 1.82) is 0 Å². The average molecular weight is 408 g/mol. The van der Waals surface area contributed by atoms with Gasteiger partial charge in [-0.2, -0.15) is 0 Å². The number of rotatable bonds is 6. The van der Waals surface area contributed by atoms with Gasteiger partial charge >= 0.3 is 0 Å². The van der Waals surface area contributed by atoms with E-state index in [0.717, 1.165) is 26.7 Å². The quantitative estimate of drug-likeness (QED) is 0.443. The zero-order valence-corrected chi connectivity index (χ0v) is 15.3. The van der Waals surface area contributed by atoms with E-state index in [2.05, 4.69) is 26.1 Å². The fourth-order valence-electron chi connectivity index (χ4n) is 2.14. The van der Waals surface area contributed by atoms with Crippen LogP contribution in [0.3, 0.4) is 0 Å². The lowest BCUT2D eigenvalue weighted by Gasteiger charge is -2.06. The van der Waals surface area contributed by atoms with Gasteiger partial charge in [-0.05, 0) is 42.5 Å². The van der Waals surface area contributed by atoms with Crippen LogP contribution in [0.2, 0.25) is 0 Å². The van der Waals surface area contributed by atoms with Crippen LogP contribution in [0, 0.1) is 5.82 Å². The molecule has 0 saturated carbocycles. The minimum Gasteiger partial charge on any atom is -0.493 e. The molecule has 1 aromatic heterocycles. The molecule has 0 aliphatic rings. The number of thioether (sulfide) groups is 1. The summed E-state index contributed by atoms with van der Waals surface area (Å²) < 4.78 is 21.6. The fraction of sp³-hybridized carbons (Fsp3) is 0.176. The van der Waals surface area contributed by atoms with Gasteiger partial charge in [-0.25, -0.2) is 4.39 Å². The molecule has 1 heterocycles. The molecule has 2 aromatic carbocycles. The van der Waals surface area contributed by atoms with Gasteiger partial charge < -0.3 is 9.30 Å². The number of nitrogens with zero attached hydrogens (tertiary/aromatic N) is 3. The maximum absolute atomic E-state index is 13.0. The number of hydrogen-bond acceptors (Lipinski definition) is 4. The summed E-state index contributed by atoms with van der Waals surface area (Å²) in [6, 6.07) is 14.0. The van der Waals surface area contributed by atoms with Crippen molar-refractivity contribution in [2.75, 3.05) is 12.4 Å². The molecule has 0 saturated heterocycles. The van der Waals surface area contributed by atoms with Gasteiger partial charge in [0.15, 0.2) is 11.0 Å². The van der Waals surface area contributed by atoms with Crippen molar-refractivity contribution >= 4 is 27.7 Å². The Bertz CT molecular complexity index is 823. The first-order valence-electron chi connectivity index (χ1n) is 7.30. The van der Waals surface area contributed by atoms with Gasteiger partial charge in [0.1, 0.15) is 11.6 Å². The highest BCUT2D eigenvalue weighted by molar-refractivity contribution is 9.10. The van der Waals surface area contributed by atoms with Crippen LogP contribution < -0.4 is 4.74 Å². The molecule has 7 heteroatoms. The SMILES string of the molecule is Cn1c(SCCOc2cccc(Br)c2)nnc1-c1ccc(F)cc1. The lowest BCUT2D eigenvalue weighted by Crippen LogP contribution is -2.02. The molecular weight excluding hydrogens is 393 g/mol. The van der Waals surface area contributed by atoms with E-state index in [1.165, 1.54) is 12.1 Å². The van der Waals surface area contributed by atoms with Crippen molar-refractivity contribution < 1.29 is 9.13 Å². The minimum absolute atomic E-state index is 0.264. The van der Waals surface area contributed by atoms with Crippen molar-refractivity contribution in [3.05, 3.63) is 58.8 Å². The molecule has 0 radical (unpaired) electrons. The third-order valence-electron chi connectivity index (χ3n) is 3.32. The van der Waals surface area contributed by atoms with Crippen LogP contribution in [-0.2, 0) is 7.05 Å². The number of hydrogen-bond donors (Lipinski definition) is 0. The molecular formula is C17H15BrFN3OS. The Morgan fingerprint density at radius 1 is 1.17 bits per heavy atom. The summed E-state index contributed by atoms with van der Waals surface area (Å²) in [7, 11) is 1.90. The van der Waals surface area contributed by atoms with Gasteiger partial charge in [0.25, 0.3) is 0 Å². The summed E-state index contributed by atoms with van der Waals surface area (Å²) in [6.07, 6.45) is 0. The van der Waals surface area contributed by atoms with Gasteiger partial charge in [-0.1, -0.05) is 33.8 Å². The van der Waals surface area contributed by atoms with Crippen LogP contribution in [0.5, 0.6) is 5.75 Å². The molecule has 3 aromatic rings. The molecule has 0 bridgehead atoms. The highest BCUT2D eigenvalue weighted by atomic mass is 79.9. The number of aromatic nitrogens is 3. The summed E-state index contributed by atoms with van der Waals surface area (Å²) in [6.45, 7) is 0.569. The molecule has 24 heavy (non-hydrogen) atoms. The van der Waals surface area contributed by atoms with Crippen LogP contribution in [0.4, 0.5) is 4.39 Å². The Morgan fingerprint density at radius 2 is 1.96 bits per heavy atom. The number of halogens is 2. The van der Waals surface area contributed by atoms with Crippen molar-refractivity contribution in [2.45, 2.75) is 5.16 Å². The molecule has 0 atom stereocenters. The first kappa shape index (κ1) is 17.0. The summed E-state index contributed by atoms with van der Waals surface area (Å²) in [5, 5.41) is 9.18. The van der Waals surface area contributed by atoms with Crippen LogP contribution in [0.15, 0.2) is 58.2 Å². The molecule has 0 N–H and O–H groups in total. The van der Waals surface area contributed by atoms with E-state index >= 15 is 0 Å². The van der Waals surface area contributed by atoms with Gasteiger partial charge in [0, 0.05) is 22.8 Å². The van der Waals surface area contributed by atoms with Gasteiger partial charge in [-0.3, -0.25) is 0 Å². The molecule has 0 aliphatic carbocycles. The third kappa shape index (κ3) is 4.15. The second kappa shape index (κ2) is 7.81. The van der Waals surface area contributed by atoms with E-state index < -0.39 is 0 Å². The molecule has 0 spiro atoms. The lowest BCUT2D eigenvalue weighted by molar-refractivity contribution is 0.343. The molecule has 4 nitrogen and oxygen atoms in total. The van der Waals surface area contributed by atoms with Gasteiger partial charge in [0.2, 0.25) is 0 Å². The smallest absolute Gasteiger partial charge is 0.191 e. The van der Waals surface area contributed by atoms with E-state index in [4.69, 9.17) is 4.74 Å². The maximum atomic E-state index is 13.0. The normalized spacial score (nSPS) is 10.8. The second-order valence-electron chi connectivity index (χ2n) is 5.03. The van der Waals surface area contributed by atoms with Crippen LogP contribution in [0.1, 0.15) is 0 Å². The number of ether oxygens (including phenoxy) is 1. The predicted molar refractivity (Wildman–Crippen MR) is 96.8 cm³/mol. The Kier molecular flexibility index (Phi) is 5.52. The van der Waals surface area contributed by atoms with Crippen molar-refractivity contribution in [3.63, 3.8) is 0 Å². The third-order valence-corrected chi connectivity index (χ3v) is 4.79. The van der Waals surface area contributed by atoms with Crippen molar-refractivity contribution in [3.8, 4) is 17.1 Å². The first-order chi connectivity index (χ1) is 11.6. The molecule has 0 unspecified atom stereocenters. The van der Waals surface area contributed by atoms with Crippen LogP contribution >= 0.6 is 27.7 Å². The highest BCUT2D eigenvalue weighted by Gasteiger charge is 2.11. The van der Waals surface area contributed by atoms with Crippen LogP contribution in [0.25, 0.3) is 11.4 Å². The van der Waals surface area contributed by atoms with Crippen molar-refractivity contribution in [1.82, 2.24) is 14.8 Å². The standard InChI is InChI=1S/C17H15BrFN3OS/c1-22-16(12-5-7-14(19)8-6-12)20-21-17(22)24-10-9-23-15-4-2-3-13(18)11-15/h2-8,11H,9-10H2,1H3. The molecule has 0 aliphatic heterocycles. The van der Waals surface area contributed by atoms with E-state index in [-0.39, 0.29) is 5.82 Å². The zero-order chi connectivity index (χ0) is 16.9. The molecule has 0 amide bonds. The Morgan fingerprint density at radius 3 is 2.71 bits per heavy atom. The van der Waals surface area contributed by atoms with Crippen molar-refractivity contribution in [2.24, 2.45) is 7.05 Å². The second-order valence-corrected chi connectivity index (χ2v) is 7.00. The summed E-state index contributed by atoms with van der Waals surface area (Å²) >= 11 is 4.98. The van der Waals surface area contributed by atoms with E-state index in [9.17, 15) is 4.39 Å². The lowest BCUT2D eigenvalue weighted by atomic mass is 10.2. The maximum Gasteiger partial charge on any atom is 0.191 e. The molecule has 124 valence electrons. The summed E-state index contributed by atoms with van der Waals surface area (Å²) in [5.74, 6) is 2.03.